The van der Waals surface area contributed by atoms with Gasteiger partial charge >= 0.3 is 0 Å². The first-order valence-corrected chi connectivity index (χ1v) is 8.56. The summed E-state index contributed by atoms with van der Waals surface area (Å²) in [7, 11) is 0. The number of benzene rings is 2. The van der Waals surface area contributed by atoms with E-state index < -0.39 is 0 Å². The Labute approximate surface area is 143 Å². The van der Waals surface area contributed by atoms with Gasteiger partial charge in [0.05, 0.1) is 17.6 Å². The minimum absolute atomic E-state index is 0.587. The van der Waals surface area contributed by atoms with Gasteiger partial charge < -0.3 is 15.0 Å². The number of imidazole rings is 1. The lowest BCUT2D eigenvalue weighted by Gasteiger charge is -2.12. The summed E-state index contributed by atoms with van der Waals surface area (Å²) in [5.41, 5.74) is 8.78. The van der Waals surface area contributed by atoms with Crippen LogP contribution in [0.2, 0.25) is 0 Å². The molecule has 1 heterocycles. The molecule has 2 N–H and O–H groups in total. The fraction of sp³-hybridized carbons (Fsp3) is 0.350. The second-order valence-electron chi connectivity index (χ2n) is 6.54. The van der Waals surface area contributed by atoms with Gasteiger partial charge in [-0.2, -0.15) is 0 Å². The Kier molecular flexibility index (Phi) is 5.04. The van der Waals surface area contributed by atoms with Crippen LogP contribution in [0.25, 0.3) is 11.0 Å². The fourth-order valence-corrected chi connectivity index (χ4v) is 2.91. The summed E-state index contributed by atoms with van der Waals surface area (Å²) in [6, 6.07) is 15.9. The molecule has 4 heteroatoms. The van der Waals surface area contributed by atoms with Crippen molar-refractivity contribution >= 4 is 16.7 Å². The third kappa shape index (κ3) is 3.88. The molecule has 3 aromatic rings. The van der Waals surface area contributed by atoms with Crippen LogP contribution in [0.15, 0.2) is 48.5 Å². The first-order chi connectivity index (χ1) is 11.6. The van der Waals surface area contributed by atoms with Crippen LogP contribution >= 0.6 is 0 Å². The fourth-order valence-electron chi connectivity index (χ4n) is 2.91. The van der Waals surface area contributed by atoms with Gasteiger partial charge in [0.15, 0.2) is 0 Å². The highest BCUT2D eigenvalue weighted by molar-refractivity contribution is 5.75. The number of hydrogen-bond acceptors (Lipinski definition) is 3. The van der Waals surface area contributed by atoms with Crippen molar-refractivity contribution in [1.29, 1.82) is 0 Å². The molecule has 0 aliphatic carbocycles. The van der Waals surface area contributed by atoms with E-state index in [-0.39, 0.29) is 0 Å². The Balaban J connectivity index is 1.67. The van der Waals surface area contributed by atoms with Gasteiger partial charge in [-0.25, -0.2) is 4.98 Å². The van der Waals surface area contributed by atoms with E-state index in [0.29, 0.717) is 12.5 Å². The molecule has 0 radical (unpaired) electrons. The molecule has 0 amide bonds. The zero-order chi connectivity index (χ0) is 16.9. The molecule has 0 fully saturated rings. The average molecular weight is 323 g/mol. The summed E-state index contributed by atoms with van der Waals surface area (Å²) < 4.78 is 8.14. The number of aromatic nitrogens is 2. The predicted molar refractivity (Wildman–Crippen MR) is 99.2 cm³/mol. The Morgan fingerprint density at radius 1 is 1.12 bits per heavy atom. The van der Waals surface area contributed by atoms with Crippen LogP contribution in [0.3, 0.4) is 0 Å². The molecule has 0 bridgehead atoms. The number of ether oxygens (including phenoxy) is 1. The minimum Gasteiger partial charge on any atom is -0.493 e. The molecule has 2 aromatic carbocycles. The van der Waals surface area contributed by atoms with E-state index in [0.717, 1.165) is 42.2 Å². The van der Waals surface area contributed by atoms with E-state index in [1.54, 1.807) is 0 Å². The summed E-state index contributed by atoms with van der Waals surface area (Å²) in [6.07, 6.45) is 1.92. The summed E-state index contributed by atoms with van der Waals surface area (Å²) in [6.45, 7) is 6.03. The monoisotopic (exact) mass is 323 g/mol. The molecule has 126 valence electrons. The highest BCUT2D eigenvalue weighted by Crippen LogP contribution is 2.19. The smallest absolute Gasteiger partial charge is 0.121 e. The number of rotatable bonds is 7. The number of hydrogen-bond donors (Lipinski definition) is 1. The van der Waals surface area contributed by atoms with E-state index in [2.05, 4.69) is 36.6 Å². The lowest BCUT2D eigenvalue weighted by atomic mass is 10.1. The van der Waals surface area contributed by atoms with E-state index in [1.165, 1.54) is 5.52 Å². The van der Waals surface area contributed by atoms with Crippen molar-refractivity contribution in [2.75, 3.05) is 12.3 Å². The average Bonchev–Trinajstić information content (AvgIpc) is 2.88. The highest BCUT2D eigenvalue weighted by Gasteiger charge is 2.11. The van der Waals surface area contributed by atoms with Gasteiger partial charge in [0, 0.05) is 24.7 Å². The topological polar surface area (TPSA) is 53.1 Å². The van der Waals surface area contributed by atoms with Crippen LogP contribution in [0, 0.1) is 5.92 Å². The zero-order valence-corrected chi connectivity index (χ0v) is 14.4. The van der Waals surface area contributed by atoms with Gasteiger partial charge in [0.25, 0.3) is 0 Å². The lowest BCUT2D eigenvalue weighted by Crippen LogP contribution is -2.10. The third-order valence-corrected chi connectivity index (χ3v) is 3.98. The first kappa shape index (κ1) is 16.4. The molecule has 24 heavy (non-hydrogen) atoms. The van der Waals surface area contributed by atoms with Crippen molar-refractivity contribution in [1.82, 2.24) is 9.55 Å². The Hall–Kier alpha value is -2.49. The van der Waals surface area contributed by atoms with Crippen molar-refractivity contribution in [2.45, 2.75) is 33.2 Å². The largest absolute Gasteiger partial charge is 0.493 e. The van der Waals surface area contributed by atoms with Crippen molar-refractivity contribution in [2.24, 2.45) is 5.92 Å². The van der Waals surface area contributed by atoms with Crippen molar-refractivity contribution < 1.29 is 4.74 Å². The maximum Gasteiger partial charge on any atom is 0.121 e. The van der Waals surface area contributed by atoms with Gasteiger partial charge in [-0.15, -0.1) is 0 Å². The van der Waals surface area contributed by atoms with Gasteiger partial charge in [-0.1, -0.05) is 32.0 Å². The molecule has 0 unspecified atom stereocenters. The third-order valence-electron chi connectivity index (χ3n) is 3.98. The number of anilines is 1. The van der Waals surface area contributed by atoms with Crippen LogP contribution in [-0.2, 0) is 13.0 Å². The number of fused-ring (bicyclic) bond motifs is 1. The summed E-state index contributed by atoms with van der Waals surface area (Å²) in [5.74, 6) is 2.58. The number of aryl methyl sites for hydroxylation is 1. The number of para-hydroxylation sites is 2. The molecule has 4 nitrogen and oxygen atoms in total. The first-order valence-electron chi connectivity index (χ1n) is 8.56. The van der Waals surface area contributed by atoms with Gasteiger partial charge in [0.2, 0.25) is 0 Å². The standard InChI is InChI=1S/C20H25N3O/c1-15(2)13-20-22-18-9-3-4-10-19(18)23(20)11-6-12-24-17-8-5-7-16(21)14-17/h3-5,7-10,14-15H,6,11-13,21H2,1-2H3. The maximum atomic E-state index is 5.80. The summed E-state index contributed by atoms with van der Waals surface area (Å²) >= 11 is 0. The van der Waals surface area contributed by atoms with Gasteiger partial charge in [-0.05, 0) is 36.6 Å². The molecule has 0 saturated heterocycles. The molecule has 0 saturated carbocycles. The molecule has 1 aromatic heterocycles. The van der Waals surface area contributed by atoms with Crippen LogP contribution < -0.4 is 10.5 Å². The quantitative estimate of drug-likeness (QED) is 0.521. The molecular formula is C20H25N3O. The van der Waals surface area contributed by atoms with E-state index in [1.807, 2.05) is 30.3 Å². The summed E-state index contributed by atoms with van der Waals surface area (Å²) in [5, 5.41) is 0. The maximum absolute atomic E-state index is 5.80. The predicted octanol–water partition coefficient (Wildman–Crippen LogP) is 4.29. The Bertz CT molecular complexity index is 808. The van der Waals surface area contributed by atoms with Gasteiger partial charge in [0.1, 0.15) is 11.6 Å². The van der Waals surface area contributed by atoms with Crippen molar-refractivity contribution in [3.63, 3.8) is 0 Å². The van der Waals surface area contributed by atoms with Crippen LogP contribution in [-0.4, -0.2) is 16.2 Å². The highest BCUT2D eigenvalue weighted by atomic mass is 16.5. The van der Waals surface area contributed by atoms with E-state index >= 15 is 0 Å². The van der Waals surface area contributed by atoms with E-state index in [9.17, 15) is 0 Å². The SMILES string of the molecule is CC(C)Cc1nc2ccccc2n1CCCOc1cccc(N)c1. The van der Waals surface area contributed by atoms with Gasteiger partial charge in [-0.3, -0.25) is 0 Å². The Morgan fingerprint density at radius 3 is 2.75 bits per heavy atom. The van der Waals surface area contributed by atoms with Crippen molar-refractivity contribution in [3.8, 4) is 5.75 Å². The number of nitrogens with zero attached hydrogens (tertiary/aromatic N) is 2. The minimum atomic E-state index is 0.587. The molecule has 0 atom stereocenters. The molecular weight excluding hydrogens is 298 g/mol. The zero-order valence-electron chi connectivity index (χ0n) is 14.4. The van der Waals surface area contributed by atoms with Crippen LogP contribution in [0.5, 0.6) is 5.75 Å². The Morgan fingerprint density at radius 2 is 1.96 bits per heavy atom. The normalized spacial score (nSPS) is 11.3. The molecule has 0 aliphatic heterocycles. The molecule has 0 aliphatic rings. The van der Waals surface area contributed by atoms with Crippen molar-refractivity contribution in [3.05, 3.63) is 54.4 Å². The second-order valence-corrected chi connectivity index (χ2v) is 6.54. The molecule has 0 spiro atoms. The van der Waals surface area contributed by atoms with Crippen LogP contribution in [0.4, 0.5) is 5.69 Å². The number of nitrogens with two attached hydrogens (primary N) is 1. The van der Waals surface area contributed by atoms with E-state index in [4.69, 9.17) is 15.5 Å². The number of nitrogen functional groups attached to an aromatic ring is 1. The molecule has 3 rings (SSSR count). The lowest BCUT2D eigenvalue weighted by molar-refractivity contribution is 0.301. The van der Waals surface area contributed by atoms with Crippen LogP contribution in [0.1, 0.15) is 26.1 Å². The summed E-state index contributed by atoms with van der Waals surface area (Å²) in [4.78, 5) is 4.81. The second kappa shape index (κ2) is 7.39.